The third-order valence-electron chi connectivity index (χ3n) is 6.77. The molecule has 4 fully saturated rings. The van der Waals surface area contributed by atoms with Crippen LogP contribution >= 0.6 is 0 Å². The minimum absolute atomic E-state index is 0.529. The lowest BCUT2D eigenvalue weighted by Gasteiger charge is -2.51. The summed E-state index contributed by atoms with van der Waals surface area (Å²) in [4.78, 5) is 9.68. The number of benzene rings is 1. The second-order valence-corrected chi connectivity index (χ2v) is 7.99. The van der Waals surface area contributed by atoms with Crippen LogP contribution in [0.5, 0.6) is 5.75 Å². The fraction of sp³-hybridized carbons (Fsp3) is 0.500. The second-order valence-electron chi connectivity index (χ2n) is 7.99. The van der Waals surface area contributed by atoms with Crippen LogP contribution in [-0.4, -0.2) is 53.6 Å². The van der Waals surface area contributed by atoms with Crippen molar-refractivity contribution in [1.82, 2.24) is 14.8 Å². The third kappa shape index (κ3) is 2.63. The van der Waals surface area contributed by atoms with Crippen LogP contribution in [0.2, 0.25) is 0 Å². The molecule has 26 heavy (non-hydrogen) atoms. The zero-order valence-electron chi connectivity index (χ0n) is 15.4. The van der Waals surface area contributed by atoms with Crippen LogP contribution in [0, 0.1) is 5.92 Å². The lowest BCUT2D eigenvalue weighted by atomic mass is 9.75. The quantitative estimate of drug-likeness (QED) is 0.848. The number of ether oxygens (including phenoxy) is 1. The van der Waals surface area contributed by atoms with Crippen LogP contribution in [0.15, 0.2) is 48.8 Å². The maximum absolute atomic E-state index is 5.73. The van der Waals surface area contributed by atoms with Gasteiger partial charge in [0.05, 0.1) is 7.11 Å². The number of rotatable bonds is 4. The lowest BCUT2D eigenvalue weighted by molar-refractivity contribution is -0.00879. The van der Waals surface area contributed by atoms with Crippen molar-refractivity contribution >= 4 is 0 Å². The molecule has 3 atom stereocenters. The van der Waals surface area contributed by atoms with Gasteiger partial charge in [0.1, 0.15) is 5.75 Å². The first kappa shape index (κ1) is 16.3. The van der Waals surface area contributed by atoms with Crippen LogP contribution in [-0.2, 0) is 6.54 Å². The van der Waals surface area contributed by atoms with Crippen molar-refractivity contribution in [3.63, 3.8) is 0 Å². The molecule has 4 aliphatic rings. The van der Waals surface area contributed by atoms with E-state index in [9.17, 15) is 0 Å². The average Bonchev–Trinajstić information content (AvgIpc) is 3.11. The summed E-state index contributed by atoms with van der Waals surface area (Å²) in [6.45, 7) is 4.67. The predicted molar refractivity (Wildman–Crippen MR) is 102 cm³/mol. The van der Waals surface area contributed by atoms with E-state index in [1.165, 1.54) is 37.1 Å². The van der Waals surface area contributed by atoms with Gasteiger partial charge < -0.3 is 4.74 Å². The molecule has 0 radical (unpaired) electrons. The first-order chi connectivity index (χ1) is 12.8. The van der Waals surface area contributed by atoms with E-state index < -0.39 is 0 Å². The summed E-state index contributed by atoms with van der Waals surface area (Å²) in [7, 11) is 1.80. The Morgan fingerprint density at radius 2 is 1.81 bits per heavy atom. The fourth-order valence-corrected chi connectivity index (χ4v) is 5.69. The highest BCUT2D eigenvalue weighted by atomic mass is 16.5. The highest BCUT2D eigenvalue weighted by molar-refractivity contribution is 5.39. The smallest absolute Gasteiger partial charge is 0.122 e. The van der Waals surface area contributed by atoms with Crippen molar-refractivity contribution in [3.8, 4) is 5.75 Å². The third-order valence-corrected chi connectivity index (χ3v) is 6.77. The topological polar surface area (TPSA) is 28.6 Å². The zero-order chi connectivity index (χ0) is 17.5. The first-order valence-electron chi connectivity index (χ1n) is 9.85. The van der Waals surface area contributed by atoms with E-state index in [-0.39, 0.29) is 0 Å². The van der Waals surface area contributed by atoms with Gasteiger partial charge in [-0.2, -0.15) is 0 Å². The molecule has 136 valence electrons. The molecule has 4 saturated heterocycles. The normalized spacial score (nSPS) is 33.2. The molecule has 4 aliphatic heterocycles. The predicted octanol–water partition coefficient (Wildman–Crippen LogP) is 3.15. The Labute approximate surface area is 155 Å². The van der Waals surface area contributed by atoms with Gasteiger partial charge >= 0.3 is 0 Å². The average molecular weight is 349 g/mol. The van der Waals surface area contributed by atoms with Gasteiger partial charge in [-0.15, -0.1) is 0 Å². The highest BCUT2D eigenvalue weighted by Crippen LogP contribution is 2.48. The maximum Gasteiger partial charge on any atom is 0.122 e. The molecule has 1 aromatic carbocycles. The van der Waals surface area contributed by atoms with Crippen molar-refractivity contribution in [2.75, 3.05) is 26.7 Å². The molecule has 5 heterocycles. The van der Waals surface area contributed by atoms with Crippen molar-refractivity contribution in [2.45, 2.75) is 37.4 Å². The van der Waals surface area contributed by atoms with E-state index >= 15 is 0 Å². The number of hydrogen-bond donors (Lipinski definition) is 0. The Morgan fingerprint density at radius 3 is 2.58 bits per heavy atom. The molecule has 1 aromatic heterocycles. The standard InChI is InChI=1S/C22H27N3O/c1-26-20-5-3-2-4-18(20)19-15-25(14-16-6-10-23-11-7-16)21-17-8-12-24(13-9-17)22(19)21/h2-7,10-11,17,19,21-22H,8-9,12-15H2,1H3/t19-,21+,22+/m0/s1. The van der Waals surface area contributed by atoms with Crippen LogP contribution < -0.4 is 4.74 Å². The molecule has 4 nitrogen and oxygen atoms in total. The van der Waals surface area contributed by atoms with Gasteiger partial charge in [-0.05, 0) is 55.6 Å². The molecule has 4 heteroatoms. The van der Waals surface area contributed by atoms with Crippen molar-refractivity contribution in [2.24, 2.45) is 5.92 Å². The Hall–Kier alpha value is -1.91. The summed E-state index contributed by atoms with van der Waals surface area (Å²) < 4.78 is 5.73. The Morgan fingerprint density at radius 1 is 1.04 bits per heavy atom. The Balaban J connectivity index is 1.50. The number of pyridine rings is 1. The maximum atomic E-state index is 5.73. The van der Waals surface area contributed by atoms with E-state index in [4.69, 9.17) is 4.74 Å². The van der Waals surface area contributed by atoms with Crippen molar-refractivity contribution in [1.29, 1.82) is 0 Å². The molecule has 0 amide bonds. The molecular formula is C22H27N3O. The number of nitrogens with zero attached hydrogens (tertiary/aromatic N) is 3. The van der Waals surface area contributed by atoms with Crippen molar-refractivity contribution < 1.29 is 4.74 Å². The number of likely N-dealkylation sites (tertiary alicyclic amines) is 1. The summed E-state index contributed by atoms with van der Waals surface area (Å²) in [5.74, 6) is 2.41. The number of hydrogen-bond acceptors (Lipinski definition) is 4. The highest BCUT2D eigenvalue weighted by Gasteiger charge is 2.53. The molecule has 0 spiro atoms. The fourth-order valence-electron chi connectivity index (χ4n) is 5.69. The van der Waals surface area contributed by atoms with Crippen molar-refractivity contribution in [3.05, 3.63) is 59.9 Å². The minimum Gasteiger partial charge on any atom is -0.496 e. The summed E-state index contributed by atoms with van der Waals surface area (Å²) in [6.07, 6.45) is 6.54. The summed E-state index contributed by atoms with van der Waals surface area (Å²) >= 11 is 0. The van der Waals surface area contributed by atoms with Gasteiger partial charge in [0.2, 0.25) is 0 Å². The van der Waals surface area contributed by atoms with Gasteiger partial charge in [-0.1, -0.05) is 18.2 Å². The number of methoxy groups -OCH3 is 1. The lowest BCUT2D eigenvalue weighted by Crippen LogP contribution is -2.60. The van der Waals surface area contributed by atoms with E-state index in [2.05, 4.69) is 51.2 Å². The van der Waals surface area contributed by atoms with E-state index in [0.29, 0.717) is 18.0 Å². The van der Waals surface area contributed by atoms with Gasteiger partial charge in [-0.3, -0.25) is 14.8 Å². The molecule has 0 unspecified atom stereocenters. The van der Waals surface area contributed by atoms with Crippen LogP contribution in [0.25, 0.3) is 0 Å². The van der Waals surface area contributed by atoms with Gasteiger partial charge in [0.25, 0.3) is 0 Å². The Bertz CT molecular complexity index is 757. The number of fused-ring (bicyclic) bond motifs is 2. The van der Waals surface area contributed by atoms with Gasteiger partial charge in [0.15, 0.2) is 0 Å². The van der Waals surface area contributed by atoms with Crippen LogP contribution in [0.3, 0.4) is 0 Å². The number of piperidine rings is 3. The molecule has 2 aromatic rings. The SMILES string of the molecule is COc1ccccc1[C@@H]1CN(Cc2ccncc2)[C@@H]2C3CCN(CC3)[C@@H]21. The molecule has 6 rings (SSSR count). The summed E-state index contributed by atoms with van der Waals surface area (Å²) in [6, 6.07) is 14.2. The van der Waals surface area contributed by atoms with E-state index in [1.54, 1.807) is 7.11 Å². The van der Waals surface area contributed by atoms with E-state index in [1.807, 2.05) is 12.4 Å². The monoisotopic (exact) mass is 349 g/mol. The second kappa shape index (κ2) is 6.67. The zero-order valence-corrected chi connectivity index (χ0v) is 15.4. The summed E-state index contributed by atoms with van der Waals surface area (Å²) in [5.41, 5.74) is 2.76. The molecular weight excluding hydrogens is 322 g/mol. The Kier molecular flexibility index (Phi) is 4.18. The molecule has 0 aliphatic carbocycles. The number of aromatic nitrogens is 1. The van der Waals surface area contributed by atoms with Gasteiger partial charge in [-0.25, -0.2) is 0 Å². The summed E-state index contributed by atoms with van der Waals surface area (Å²) in [5, 5.41) is 0. The molecule has 0 N–H and O–H groups in total. The van der Waals surface area contributed by atoms with Crippen LogP contribution in [0.1, 0.15) is 29.9 Å². The van der Waals surface area contributed by atoms with Crippen LogP contribution in [0.4, 0.5) is 0 Å². The van der Waals surface area contributed by atoms with E-state index in [0.717, 1.165) is 24.8 Å². The molecule has 0 saturated carbocycles. The number of para-hydroxylation sites is 1. The van der Waals surface area contributed by atoms with Gasteiger partial charge in [0, 0.05) is 49.0 Å². The largest absolute Gasteiger partial charge is 0.496 e. The minimum atomic E-state index is 0.529. The first-order valence-corrected chi connectivity index (χ1v) is 9.85. The molecule has 2 bridgehead atoms.